The summed E-state index contributed by atoms with van der Waals surface area (Å²) in [5.41, 5.74) is 6.56. The van der Waals surface area contributed by atoms with Crippen molar-refractivity contribution in [1.29, 1.82) is 0 Å². The van der Waals surface area contributed by atoms with Crippen LogP contribution in [0, 0.1) is 5.92 Å². The van der Waals surface area contributed by atoms with Crippen molar-refractivity contribution in [2.45, 2.75) is 25.8 Å². The van der Waals surface area contributed by atoms with Crippen molar-refractivity contribution >= 4 is 0 Å². The van der Waals surface area contributed by atoms with E-state index in [2.05, 4.69) is 4.98 Å². The summed E-state index contributed by atoms with van der Waals surface area (Å²) in [6, 6.07) is 3.84. The van der Waals surface area contributed by atoms with Crippen LogP contribution >= 0.6 is 0 Å². The molecule has 1 aromatic rings. The van der Waals surface area contributed by atoms with Crippen molar-refractivity contribution in [3.63, 3.8) is 0 Å². The van der Waals surface area contributed by atoms with Gasteiger partial charge < -0.3 is 10.5 Å². The van der Waals surface area contributed by atoms with Crippen molar-refractivity contribution < 1.29 is 4.74 Å². The number of nitrogens with zero attached hydrogens (tertiary/aromatic N) is 1. The lowest BCUT2D eigenvalue weighted by atomic mass is 10.3. The molecule has 1 aliphatic carbocycles. The molecule has 0 atom stereocenters. The molecule has 0 amide bonds. The average Bonchev–Trinajstić information content (AvgIpc) is 3.03. The molecule has 0 aliphatic heterocycles. The molecule has 76 valence electrons. The molecule has 0 unspecified atom stereocenters. The van der Waals surface area contributed by atoms with Gasteiger partial charge in [-0.25, -0.2) is 4.98 Å². The summed E-state index contributed by atoms with van der Waals surface area (Å²) in [7, 11) is 0. The molecular formula is C11H16N2O. The molecule has 0 radical (unpaired) electrons. The molecule has 14 heavy (non-hydrogen) atoms. The lowest BCUT2D eigenvalue weighted by Crippen LogP contribution is -2.05. The maximum atomic E-state index is 5.59. The van der Waals surface area contributed by atoms with Gasteiger partial charge in [0.2, 0.25) is 5.88 Å². The Bertz CT molecular complexity index is 297. The van der Waals surface area contributed by atoms with Crippen molar-refractivity contribution in [1.82, 2.24) is 4.98 Å². The van der Waals surface area contributed by atoms with E-state index < -0.39 is 0 Å². The first-order valence-electron chi connectivity index (χ1n) is 5.17. The van der Waals surface area contributed by atoms with Crippen LogP contribution in [-0.4, -0.2) is 11.6 Å². The maximum Gasteiger partial charge on any atom is 0.217 e. The van der Waals surface area contributed by atoms with Crippen LogP contribution in [0.5, 0.6) is 5.88 Å². The largest absolute Gasteiger partial charge is 0.477 e. The van der Waals surface area contributed by atoms with Crippen LogP contribution in [0.3, 0.4) is 0 Å². The van der Waals surface area contributed by atoms with Gasteiger partial charge in [-0.1, -0.05) is 18.9 Å². The van der Waals surface area contributed by atoms with Gasteiger partial charge in [-0.2, -0.15) is 0 Å². The molecular weight excluding hydrogens is 176 g/mol. The third-order valence-electron chi connectivity index (χ3n) is 2.53. The quantitative estimate of drug-likeness (QED) is 0.772. The lowest BCUT2D eigenvalue weighted by molar-refractivity contribution is 0.288. The van der Waals surface area contributed by atoms with Crippen LogP contribution < -0.4 is 10.5 Å². The van der Waals surface area contributed by atoms with E-state index in [0.29, 0.717) is 12.4 Å². The van der Waals surface area contributed by atoms with E-state index in [1.165, 1.54) is 12.8 Å². The zero-order valence-electron chi connectivity index (χ0n) is 8.28. The highest BCUT2D eigenvalue weighted by molar-refractivity contribution is 5.24. The second-order valence-corrected chi connectivity index (χ2v) is 3.75. The number of nitrogens with two attached hydrogens (primary N) is 1. The molecule has 1 saturated carbocycles. The molecule has 0 saturated heterocycles. The summed E-state index contributed by atoms with van der Waals surface area (Å²) in [4.78, 5) is 4.16. The van der Waals surface area contributed by atoms with E-state index in [1.54, 1.807) is 6.20 Å². The Labute approximate surface area is 84.3 Å². The van der Waals surface area contributed by atoms with Crippen LogP contribution in [0.15, 0.2) is 18.3 Å². The molecule has 0 bridgehead atoms. The normalized spacial score (nSPS) is 15.5. The summed E-state index contributed by atoms with van der Waals surface area (Å²) in [5.74, 6) is 1.61. The molecule has 1 heterocycles. The smallest absolute Gasteiger partial charge is 0.217 e. The van der Waals surface area contributed by atoms with E-state index in [-0.39, 0.29) is 0 Å². The highest BCUT2D eigenvalue weighted by atomic mass is 16.5. The Balaban J connectivity index is 1.86. The third-order valence-corrected chi connectivity index (χ3v) is 2.53. The fourth-order valence-electron chi connectivity index (χ4n) is 1.44. The Morgan fingerprint density at radius 3 is 3.07 bits per heavy atom. The Morgan fingerprint density at radius 2 is 2.36 bits per heavy atom. The van der Waals surface area contributed by atoms with Gasteiger partial charge in [0.1, 0.15) is 0 Å². The minimum atomic E-state index is 0.493. The first kappa shape index (κ1) is 9.46. The predicted molar refractivity (Wildman–Crippen MR) is 55.0 cm³/mol. The van der Waals surface area contributed by atoms with Crippen molar-refractivity contribution in [3.05, 3.63) is 23.9 Å². The van der Waals surface area contributed by atoms with Crippen LogP contribution in [0.1, 0.15) is 24.8 Å². The third kappa shape index (κ3) is 2.45. The van der Waals surface area contributed by atoms with Gasteiger partial charge in [0.15, 0.2) is 0 Å². The molecule has 2 N–H and O–H groups in total. The van der Waals surface area contributed by atoms with Gasteiger partial charge >= 0.3 is 0 Å². The van der Waals surface area contributed by atoms with Crippen LogP contribution in [0.4, 0.5) is 0 Å². The Hall–Kier alpha value is -1.09. The van der Waals surface area contributed by atoms with E-state index in [0.717, 1.165) is 24.5 Å². The van der Waals surface area contributed by atoms with Gasteiger partial charge in [-0.05, 0) is 18.4 Å². The fourth-order valence-corrected chi connectivity index (χ4v) is 1.44. The highest BCUT2D eigenvalue weighted by Crippen LogP contribution is 2.32. The average molecular weight is 192 g/mol. The van der Waals surface area contributed by atoms with Gasteiger partial charge in [-0.3, -0.25) is 0 Å². The van der Waals surface area contributed by atoms with Gasteiger partial charge in [0.05, 0.1) is 6.61 Å². The zero-order chi connectivity index (χ0) is 9.80. The molecule has 1 fully saturated rings. The van der Waals surface area contributed by atoms with Gasteiger partial charge in [-0.15, -0.1) is 0 Å². The molecule has 3 nitrogen and oxygen atoms in total. The summed E-state index contributed by atoms with van der Waals surface area (Å²) in [6.07, 6.45) is 5.64. The molecule has 0 spiro atoms. The molecule has 2 rings (SSSR count). The first-order valence-corrected chi connectivity index (χ1v) is 5.17. The monoisotopic (exact) mass is 192 g/mol. The fraction of sp³-hybridized carbons (Fsp3) is 0.545. The molecule has 1 aliphatic rings. The number of aromatic nitrogens is 1. The number of rotatable bonds is 5. The lowest BCUT2D eigenvalue weighted by Gasteiger charge is -2.07. The number of ether oxygens (including phenoxy) is 1. The molecule has 3 heteroatoms. The van der Waals surface area contributed by atoms with Crippen molar-refractivity contribution in [3.8, 4) is 5.88 Å². The van der Waals surface area contributed by atoms with E-state index >= 15 is 0 Å². The van der Waals surface area contributed by atoms with Crippen LogP contribution in [-0.2, 0) is 6.54 Å². The maximum absolute atomic E-state index is 5.59. The predicted octanol–water partition coefficient (Wildman–Crippen LogP) is 1.72. The molecule has 0 aromatic carbocycles. The SMILES string of the molecule is NCc1cccnc1OCCC1CC1. The van der Waals surface area contributed by atoms with E-state index in [1.807, 2.05) is 12.1 Å². The van der Waals surface area contributed by atoms with E-state index in [4.69, 9.17) is 10.5 Å². The standard InChI is InChI=1S/C11H16N2O/c12-8-10-2-1-6-13-11(10)14-7-5-9-3-4-9/h1-2,6,9H,3-5,7-8,12H2. The number of hydrogen-bond donors (Lipinski definition) is 1. The van der Waals surface area contributed by atoms with Gasteiger partial charge in [0.25, 0.3) is 0 Å². The van der Waals surface area contributed by atoms with Crippen LogP contribution in [0.2, 0.25) is 0 Å². The minimum Gasteiger partial charge on any atom is -0.477 e. The summed E-state index contributed by atoms with van der Waals surface area (Å²) < 4.78 is 5.59. The first-order chi connectivity index (χ1) is 6.90. The second kappa shape index (κ2) is 4.42. The summed E-state index contributed by atoms with van der Waals surface area (Å²) in [5, 5.41) is 0. The van der Waals surface area contributed by atoms with Crippen LogP contribution in [0.25, 0.3) is 0 Å². The Morgan fingerprint density at radius 1 is 1.50 bits per heavy atom. The number of pyridine rings is 1. The Kier molecular flexibility index (Phi) is 2.99. The summed E-state index contributed by atoms with van der Waals surface area (Å²) in [6.45, 7) is 1.27. The minimum absolute atomic E-state index is 0.493. The zero-order valence-corrected chi connectivity index (χ0v) is 8.28. The van der Waals surface area contributed by atoms with E-state index in [9.17, 15) is 0 Å². The number of hydrogen-bond acceptors (Lipinski definition) is 3. The van der Waals surface area contributed by atoms with Crippen molar-refractivity contribution in [2.24, 2.45) is 11.7 Å². The highest BCUT2D eigenvalue weighted by Gasteiger charge is 2.20. The van der Waals surface area contributed by atoms with Gasteiger partial charge in [0, 0.05) is 18.3 Å². The summed E-state index contributed by atoms with van der Waals surface area (Å²) >= 11 is 0. The topological polar surface area (TPSA) is 48.1 Å². The molecule has 1 aromatic heterocycles. The second-order valence-electron chi connectivity index (χ2n) is 3.75. The van der Waals surface area contributed by atoms with Crippen molar-refractivity contribution in [2.75, 3.05) is 6.61 Å².